The third-order valence-electron chi connectivity index (χ3n) is 1.59. The second-order valence-electron chi connectivity index (χ2n) is 2.92. The van der Waals surface area contributed by atoms with Gasteiger partial charge in [0.1, 0.15) is 0 Å². The molecule has 1 rings (SSSR count). The summed E-state index contributed by atoms with van der Waals surface area (Å²) in [5.41, 5.74) is 0. The number of rotatable bonds is 0. The van der Waals surface area contributed by atoms with E-state index in [0.29, 0.717) is 12.1 Å². The first-order chi connectivity index (χ1) is 4.18. The van der Waals surface area contributed by atoms with Gasteiger partial charge in [-0.15, -0.1) is 0 Å². The molecule has 0 aliphatic carbocycles. The summed E-state index contributed by atoms with van der Waals surface area (Å²) >= 11 is 0. The van der Waals surface area contributed by atoms with Gasteiger partial charge < -0.3 is 5.32 Å². The van der Waals surface area contributed by atoms with Crippen molar-refractivity contribution in [2.45, 2.75) is 25.9 Å². The highest BCUT2D eigenvalue weighted by molar-refractivity contribution is 4.79. The van der Waals surface area contributed by atoms with Crippen molar-refractivity contribution in [3.8, 4) is 0 Å². The van der Waals surface area contributed by atoms with Gasteiger partial charge in [0.15, 0.2) is 0 Å². The minimum Gasteiger partial charge on any atom is -0.309 e. The molecule has 2 atom stereocenters. The van der Waals surface area contributed by atoms with Crippen LogP contribution in [0.3, 0.4) is 0 Å². The van der Waals surface area contributed by atoms with Crippen LogP contribution in [0.2, 0.25) is 0 Å². The lowest BCUT2D eigenvalue weighted by Crippen LogP contribution is -2.51. The van der Waals surface area contributed by atoms with Gasteiger partial charge in [-0.2, -0.15) is 0 Å². The average Bonchev–Trinajstić information content (AvgIpc) is 1.59. The maximum absolute atomic E-state index is 5.61. The van der Waals surface area contributed by atoms with Crippen molar-refractivity contribution in [3.05, 3.63) is 7.05 Å². The van der Waals surface area contributed by atoms with Crippen LogP contribution in [-0.4, -0.2) is 30.1 Å². The number of nitrogens with zero attached hydrogens (tertiary/aromatic N) is 1. The quantitative estimate of drug-likeness (QED) is 0.503. The van der Waals surface area contributed by atoms with Crippen LogP contribution in [0, 0.1) is 7.05 Å². The number of hydrogen-bond donors (Lipinski definition) is 1. The Hall–Kier alpha value is -0.0800. The fraction of sp³-hybridized carbons (Fsp3) is 0.857. The monoisotopic (exact) mass is 126 g/mol. The van der Waals surface area contributed by atoms with Crippen LogP contribution in [0.1, 0.15) is 13.8 Å². The summed E-state index contributed by atoms with van der Waals surface area (Å²) in [5, 5.41) is 3.39. The van der Waals surface area contributed by atoms with Gasteiger partial charge in [-0.25, -0.2) is 0 Å². The van der Waals surface area contributed by atoms with E-state index in [2.05, 4.69) is 19.2 Å². The standard InChI is InChI=1S/C7H14N2/c1-6-4-9(3)5-7(2)8-6/h3,6-8H,4-5H2,1-2H3/t6-,7+. The van der Waals surface area contributed by atoms with Crippen LogP contribution in [-0.2, 0) is 0 Å². The normalized spacial score (nSPS) is 39.0. The average molecular weight is 126 g/mol. The van der Waals surface area contributed by atoms with E-state index < -0.39 is 0 Å². The van der Waals surface area contributed by atoms with Crippen LogP contribution in [0.5, 0.6) is 0 Å². The molecule has 1 aliphatic heterocycles. The predicted octanol–water partition coefficient (Wildman–Crippen LogP) is 0.337. The van der Waals surface area contributed by atoms with E-state index in [1.807, 2.05) is 4.90 Å². The van der Waals surface area contributed by atoms with Crippen molar-refractivity contribution < 1.29 is 0 Å². The molecule has 0 aromatic heterocycles. The van der Waals surface area contributed by atoms with Crippen LogP contribution >= 0.6 is 0 Å². The van der Waals surface area contributed by atoms with Gasteiger partial charge in [-0.05, 0) is 13.8 Å². The van der Waals surface area contributed by atoms with Crippen LogP contribution in [0.4, 0.5) is 0 Å². The molecule has 9 heavy (non-hydrogen) atoms. The molecular weight excluding hydrogens is 112 g/mol. The molecule has 2 heteroatoms. The summed E-state index contributed by atoms with van der Waals surface area (Å²) in [4.78, 5) is 1.87. The lowest BCUT2D eigenvalue weighted by Gasteiger charge is -2.32. The zero-order valence-corrected chi connectivity index (χ0v) is 6.09. The molecule has 0 saturated carbocycles. The van der Waals surface area contributed by atoms with Gasteiger partial charge in [0.2, 0.25) is 0 Å². The molecule has 2 radical (unpaired) electrons. The Morgan fingerprint density at radius 3 is 2.11 bits per heavy atom. The van der Waals surface area contributed by atoms with Crippen molar-refractivity contribution in [2.24, 2.45) is 0 Å². The topological polar surface area (TPSA) is 15.3 Å². The fourth-order valence-electron chi connectivity index (χ4n) is 1.37. The number of hydrogen-bond acceptors (Lipinski definition) is 2. The Labute approximate surface area is 57.2 Å². The Kier molecular flexibility index (Phi) is 2.09. The van der Waals surface area contributed by atoms with Gasteiger partial charge in [0.05, 0.1) is 0 Å². The highest BCUT2D eigenvalue weighted by atomic mass is 15.2. The molecule has 0 unspecified atom stereocenters. The van der Waals surface area contributed by atoms with Crippen molar-refractivity contribution >= 4 is 0 Å². The largest absolute Gasteiger partial charge is 0.309 e. The lowest BCUT2D eigenvalue weighted by molar-refractivity contribution is 0.228. The first-order valence-electron chi connectivity index (χ1n) is 3.44. The summed E-state index contributed by atoms with van der Waals surface area (Å²) in [7, 11) is 5.61. The highest BCUT2D eigenvalue weighted by Gasteiger charge is 2.16. The molecular formula is C7H14N2. The van der Waals surface area contributed by atoms with E-state index in [0.717, 1.165) is 13.1 Å². The molecule has 1 heterocycles. The van der Waals surface area contributed by atoms with Crippen LogP contribution in [0.15, 0.2) is 0 Å². The van der Waals surface area contributed by atoms with Crippen molar-refractivity contribution in [1.82, 2.24) is 10.2 Å². The summed E-state index contributed by atoms with van der Waals surface area (Å²) in [5.74, 6) is 0. The SMILES string of the molecule is [CH]N1C[C@@H](C)N[C@@H](C)C1. The van der Waals surface area contributed by atoms with Crippen LogP contribution < -0.4 is 5.32 Å². The molecule has 1 aliphatic rings. The third-order valence-corrected chi connectivity index (χ3v) is 1.59. The Morgan fingerprint density at radius 2 is 1.78 bits per heavy atom. The summed E-state index contributed by atoms with van der Waals surface area (Å²) in [6.07, 6.45) is 0. The van der Waals surface area contributed by atoms with E-state index in [-0.39, 0.29) is 0 Å². The van der Waals surface area contributed by atoms with Gasteiger partial charge >= 0.3 is 0 Å². The zero-order valence-electron chi connectivity index (χ0n) is 6.09. The molecule has 0 amide bonds. The van der Waals surface area contributed by atoms with Gasteiger partial charge in [0.25, 0.3) is 0 Å². The van der Waals surface area contributed by atoms with Crippen LogP contribution in [0.25, 0.3) is 0 Å². The van der Waals surface area contributed by atoms with E-state index >= 15 is 0 Å². The maximum Gasteiger partial charge on any atom is 0.0440 e. The minimum atomic E-state index is 0.541. The smallest absolute Gasteiger partial charge is 0.0440 e. The molecule has 1 N–H and O–H groups in total. The van der Waals surface area contributed by atoms with Gasteiger partial charge in [-0.3, -0.25) is 4.90 Å². The first kappa shape index (κ1) is 7.03. The Bertz CT molecular complexity index is 67.9. The Morgan fingerprint density at radius 1 is 1.33 bits per heavy atom. The van der Waals surface area contributed by atoms with Crippen molar-refractivity contribution in [2.75, 3.05) is 13.1 Å². The van der Waals surface area contributed by atoms with Gasteiger partial charge in [0, 0.05) is 32.2 Å². The molecule has 52 valence electrons. The summed E-state index contributed by atoms with van der Waals surface area (Å²) in [6, 6.07) is 1.08. The van der Waals surface area contributed by atoms with E-state index in [9.17, 15) is 0 Å². The molecule has 0 aromatic carbocycles. The molecule has 1 saturated heterocycles. The van der Waals surface area contributed by atoms with E-state index in [4.69, 9.17) is 7.05 Å². The molecule has 0 aromatic rings. The van der Waals surface area contributed by atoms with E-state index in [1.165, 1.54) is 0 Å². The summed E-state index contributed by atoms with van der Waals surface area (Å²) in [6.45, 7) is 6.22. The summed E-state index contributed by atoms with van der Waals surface area (Å²) < 4.78 is 0. The number of nitrogens with one attached hydrogen (secondary N) is 1. The number of piperazine rings is 1. The van der Waals surface area contributed by atoms with Crippen molar-refractivity contribution in [3.63, 3.8) is 0 Å². The Balaban J connectivity index is 2.34. The molecule has 0 spiro atoms. The molecule has 0 bridgehead atoms. The predicted molar refractivity (Wildman–Crippen MR) is 37.9 cm³/mol. The zero-order chi connectivity index (χ0) is 6.85. The lowest BCUT2D eigenvalue weighted by atomic mass is 10.2. The molecule has 1 fully saturated rings. The minimum absolute atomic E-state index is 0.541. The fourth-order valence-corrected chi connectivity index (χ4v) is 1.37. The van der Waals surface area contributed by atoms with E-state index in [1.54, 1.807) is 0 Å². The molecule has 2 nitrogen and oxygen atoms in total. The van der Waals surface area contributed by atoms with Gasteiger partial charge in [-0.1, -0.05) is 0 Å². The first-order valence-corrected chi connectivity index (χ1v) is 3.44. The third kappa shape index (κ3) is 1.95. The van der Waals surface area contributed by atoms with Crippen molar-refractivity contribution in [1.29, 1.82) is 0 Å². The maximum atomic E-state index is 5.61. The second-order valence-corrected chi connectivity index (χ2v) is 2.92. The highest BCUT2D eigenvalue weighted by Crippen LogP contribution is 2.00. The second kappa shape index (κ2) is 2.67.